The van der Waals surface area contributed by atoms with Crippen molar-refractivity contribution in [2.24, 2.45) is 0 Å². The number of carbonyl (C=O) groups is 2. The van der Waals surface area contributed by atoms with Crippen molar-refractivity contribution in [3.63, 3.8) is 0 Å². The minimum atomic E-state index is -0.656. The number of aryl methyl sites for hydroxylation is 1. The average Bonchev–Trinajstić information content (AvgIpc) is 2.63. The van der Waals surface area contributed by atoms with Crippen LogP contribution in [0.2, 0.25) is 5.02 Å². The van der Waals surface area contributed by atoms with Gasteiger partial charge in [0, 0.05) is 0 Å². The molecular formula is C19H20ClNO5. The largest absolute Gasteiger partial charge is 0.492 e. The zero-order valence-electron chi connectivity index (χ0n) is 14.4. The maximum Gasteiger partial charge on any atom is 0.344 e. The Morgan fingerprint density at radius 3 is 2.62 bits per heavy atom. The summed E-state index contributed by atoms with van der Waals surface area (Å²) in [5, 5.41) is 3.00. The number of halogens is 1. The number of carbonyl (C=O) groups excluding carboxylic acids is 2. The first kappa shape index (κ1) is 19.6. The summed E-state index contributed by atoms with van der Waals surface area (Å²) in [6, 6.07) is 14.4. The molecule has 0 saturated heterocycles. The van der Waals surface area contributed by atoms with Crippen LogP contribution in [0.15, 0.2) is 48.5 Å². The quantitative estimate of drug-likeness (QED) is 0.537. The Labute approximate surface area is 157 Å². The number of benzene rings is 2. The molecule has 0 spiro atoms. The molecule has 0 saturated carbocycles. The van der Waals surface area contributed by atoms with Gasteiger partial charge in [0.1, 0.15) is 18.1 Å². The van der Waals surface area contributed by atoms with E-state index in [4.69, 9.17) is 25.8 Å². The summed E-state index contributed by atoms with van der Waals surface area (Å²) >= 11 is 5.91. The molecule has 1 N–H and O–H groups in total. The van der Waals surface area contributed by atoms with Crippen LogP contribution in [0.1, 0.15) is 5.56 Å². The van der Waals surface area contributed by atoms with Gasteiger partial charge in [-0.15, -0.1) is 0 Å². The molecule has 0 aliphatic carbocycles. The third-order valence-electron chi connectivity index (χ3n) is 3.23. The Morgan fingerprint density at radius 1 is 1.04 bits per heavy atom. The van der Waals surface area contributed by atoms with Crippen molar-refractivity contribution < 1.29 is 23.8 Å². The van der Waals surface area contributed by atoms with Crippen LogP contribution in [-0.4, -0.2) is 38.2 Å². The predicted molar refractivity (Wildman–Crippen MR) is 97.6 cm³/mol. The number of ether oxygens (including phenoxy) is 3. The lowest BCUT2D eigenvalue weighted by Crippen LogP contribution is -2.32. The molecule has 7 heteroatoms. The Balaban J connectivity index is 1.58. The topological polar surface area (TPSA) is 73.9 Å². The number of hydrogen-bond donors (Lipinski definition) is 1. The van der Waals surface area contributed by atoms with Gasteiger partial charge < -0.3 is 19.5 Å². The standard InChI is InChI=1S/C19H20ClNO5/c1-14-5-4-6-15(11-14)24-10-9-21-18(22)12-26-19(23)13-25-17-8-3-2-7-16(17)20/h2-8,11H,9-10,12-13H2,1H3,(H,21,22). The van der Waals surface area contributed by atoms with Gasteiger partial charge in [0.25, 0.3) is 5.91 Å². The maximum atomic E-state index is 11.6. The number of rotatable bonds is 9. The fourth-order valence-electron chi connectivity index (χ4n) is 2.00. The molecule has 2 aromatic carbocycles. The predicted octanol–water partition coefficient (Wildman–Crippen LogP) is 2.77. The molecule has 1 amide bonds. The van der Waals surface area contributed by atoms with Crippen LogP contribution in [0.4, 0.5) is 0 Å². The van der Waals surface area contributed by atoms with Crippen LogP contribution in [-0.2, 0) is 14.3 Å². The molecule has 26 heavy (non-hydrogen) atoms. The van der Waals surface area contributed by atoms with E-state index in [1.807, 2.05) is 31.2 Å². The lowest BCUT2D eigenvalue weighted by atomic mass is 10.2. The number of esters is 1. The highest BCUT2D eigenvalue weighted by Crippen LogP contribution is 2.22. The summed E-state index contributed by atoms with van der Waals surface area (Å²) in [5.74, 6) is 0.0475. The number of amides is 1. The minimum Gasteiger partial charge on any atom is -0.492 e. The summed E-state index contributed by atoms with van der Waals surface area (Å²) in [7, 11) is 0. The Bertz CT molecular complexity index is 750. The average molecular weight is 378 g/mol. The summed E-state index contributed by atoms with van der Waals surface area (Å²) < 4.78 is 15.6. The number of para-hydroxylation sites is 1. The van der Waals surface area contributed by atoms with E-state index in [1.165, 1.54) is 0 Å². The maximum absolute atomic E-state index is 11.6. The molecule has 2 aromatic rings. The first-order valence-corrected chi connectivity index (χ1v) is 8.41. The second-order valence-corrected chi connectivity index (χ2v) is 5.80. The Hall–Kier alpha value is -2.73. The third-order valence-corrected chi connectivity index (χ3v) is 3.54. The van der Waals surface area contributed by atoms with Gasteiger partial charge in [-0.25, -0.2) is 4.79 Å². The molecule has 0 heterocycles. The summed E-state index contributed by atoms with van der Waals surface area (Å²) in [4.78, 5) is 23.2. The molecule has 0 aromatic heterocycles. The van der Waals surface area contributed by atoms with E-state index in [-0.39, 0.29) is 13.2 Å². The number of hydrogen-bond acceptors (Lipinski definition) is 5. The molecule has 0 unspecified atom stereocenters. The molecule has 0 bridgehead atoms. The van der Waals surface area contributed by atoms with Gasteiger partial charge in [-0.3, -0.25) is 4.79 Å². The van der Waals surface area contributed by atoms with Crippen LogP contribution < -0.4 is 14.8 Å². The van der Waals surface area contributed by atoms with Crippen LogP contribution in [0.5, 0.6) is 11.5 Å². The second kappa shape index (κ2) is 10.3. The van der Waals surface area contributed by atoms with Crippen molar-refractivity contribution in [3.05, 3.63) is 59.1 Å². The van der Waals surface area contributed by atoms with Gasteiger partial charge in [0.05, 0.1) is 11.6 Å². The highest BCUT2D eigenvalue weighted by atomic mass is 35.5. The van der Waals surface area contributed by atoms with Crippen molar-refractivity contribution >= 4 is 23.5 Å². The lowest BCUT2D eigenvalue weighted by molar-refractivity contribution is -0.150. The molecular weight excluding hydrogens is 358 g/mol. The Kier molecular flexibility index (Phi) is 7.76. The van der Waals surface area contributed by atoms with E-state index in [2.05, 4.69) is 5.32 Å². The van der Waals surface area contributed by atoms with Gasteiger partial charge in [-0.2, -0.15) is 0 Å². The highest BCUT2D eigenvalue weighted by Gasteiger charge is 2.09. The van der Waals surface area contributed by atoms with Crippen molar-refractivity contribution in [1.29, 1.82) is 0 Å². The summed E-state index contributed by atoms with van der Waals surface area (Å²) in [5.41, 5.74) is 1.09. The zero-order chi connectivity index (χ0) is 18.8. The molecule has 138 valence electrons. The van der Waals surface area contributed by atoms with Crippen molar-refractivity contribution in [2.75, 3.05) is 26.4 Å². The third kappa shape index (κ3) is 7.03. The molecule has 0 radical (unpaired) electrons. The van der Waals surface area contributed by atoms with Crippen LogP contribution >= 0.6 is 11.6 Å². The Morgan fingerprint density at radius 2 is 1.85 bits per heavy atom. The molecule has 2 rings (SSSR count). The fraction of sp³-hybridized carbons (Fsp3) is 0.263. The first-order valence-electron chi connectivity index (χ1n) is 8.04. The normalized spacial score (nSPS) is 10.1. The molecule has 0 atom stereocenters. The second-order valence-electron chi connectivity index (χ2n) is 5.39. The summed E-state index contributed by atoms with van der Waals surface area (Å²) in [6.45, 7) is 1.89. The van der Waals surface area contributed by atoms with Crippen LogP contribution in [0, 0.1) is 6.92 Å². The molecule has 6 nitrogen and oxygen atoms in total. The van der Waals surface area contributed by atoms with Crippen LogP contribution in [0.25, 0.3) is 0 Å². The van der Waals surface area contributed by atoms with Gasteiger partial charge in [0.2, 0.25) is 0 Å². The van der Waals surface area contributed by atoms with Crippen molar-refractivity contribution in [2.45, 2.75) is 6.92 Å². The SMILES string of the molecule is Cc1cccc(OCCNC(=O)COC(=O)COc2ccccc2Cl)c1. The van der Waals surface area contributed by atoms with E-state index in [9.17, 15) is 9.59 Å². The molecule has 0 aliphatic rings. The van der Waals surface area contributed by atoms with Crippen molar-refractivity contribution in [1.82, 2.24) is 5.32 Å². The zero-order valence-corrected chi connectivity index (χ0v) is 15.1. The van der Waals surface area contributed by atoms with Gasteiger partial charge >= 0.3 is 5.97 Å². The van der Waals surface area contributed by atoms with E-state index in [0.717, 1.165) is 11.3 Å². The van der Waals surface area contributed by atoms with Gasteiger partial charge in [0.15, 0.2) is 13.2 Å². The monoisotopic (exact) mass is 377 g/mol. The number of nitrogens with one attached hydrogen (secondary N) is 1. The van der Waals surface area contributed by atoms with Crippen LogP contribution in [0.3, 0.4) is 0 Å². The van der Waals surface area contributed by atoms with E-state index in [0.29, 0.717) is 23.9 Å². The smallest absolute Gasteiger partial charge is 0.344 e. The molecule has 0 aliphatic heterocycles. The van der Waals surface area contributed by atoms with E-state index < -0.39 is 11.9 Å². The fourth-order valence-corrected chi connectivity index (χ4v) is 2.19. The summed E-state index contributed by atoms with van der Waals surface area (Å²) in [6.07, 6.45) is 0. The van der Waals surface area contributed by atoms with Gasteiger partial charge in [-0.05, 0) is 36.8 Å². The van der Waals surface area contributed by atoms with Gasteiger partial charge in [-0.1, -0.05) is 35.9 Å². The van der Waals surface area contributed by atoms with E-state index in [1.54, 1.807) is 24.3 Å². The lowest BCUT2D eigenvalue weighted by Gasteiger charge is -2.09. The van der Waals surface area contributed by atoms with Crippen molar-refractivity contribution in [3.8, 4) is 11.5 Å². The first-order chi connectivity index (χ1) is 12.5. The highest BCUT2D eigenvalue weighted by molar-refractivity contribution is 6.32. The minimum absolute atomic E-state index is 0.306. The molecule has 0 fully saturated rings. The van der Waals surface area contributed by atoms with E-state index >= 15 is 0 Å².